The van der Waals surface area contributed by atoms with E-state index in [-0.39, 0.29) is 17.1 Å². The molecule has 1 amide bonds. The van der Waals surface area contributed by atoms with Crippen molar-refractivity contribution in [2.24, 2.45) is 5.41 Å². The van der Waals surface area contributed by atoms with Crippen LogP contribution in [-0.2, 0) is 17.9 Å². The van der Waals surface area contributed by atoms with Crippen LogP contribution >= 0.6 is 0 Å². The molecule has 0 bridgehead atoms. The molecule has 4 nitrogen and oxygen atoms in total. The molecule has 1 spiro atoms. The molecule has 4 rings (SSSR count). The Hall–Kier alpha value is -2.27. The molecule has 2 fully saturated rings. The van der Waals surface area contributed by atoms with E-state index in [1.165, 1.54) is 12.1 Å². The van der Waals surface area contributed by atoms with Crippen molar-refractivity contribution in [1.82, 2.24) is 14.8 Å². The number of piperidine rings is 1. The molecular formula is C21H24FN3O. The zero-order valence-electron chi connectivity index (χ0n) is 14.9. The first-order chi connectivity index (χ1) is 12.6. The number of rotatable bonds is 4. The predicted molar refractivity (Wildman–Crippen MR) is 97.6 cm³/mol. The van der Waals surface area contributed by atoms with Gasteiger partial charge < -0.3 is 4.90 Å². The predicted octanol–water partition coefficient (Wildman–Crippen LogP) is 3.24. The minimum Gasteiger partial charge on any atom is -0.338 e. The van der Waals surface area contributed by atoms with Gasteiger partial charge in [0, 0.05) is 38.6 Å². The van der Waals surface area contributed by atoms with Gasteiger partial charge in [-0.3, -0.25) is 14.7 Å². The molecule has 5 heteroatoms. The summed E-state index contributed by atoms with van der Waals surface area (Å²) in [7, 11) is 0. The molecule has 1 unspecified atom stereocenters. The fraction of sp³-hybridized carbons (Fsp3) is 0.429. The van der Waals surface area contributed by atoms with Crippen molar-refractivity contribution in [2.45, 2.75) is 32.4 Å². The molecule has 0 radical (unpaired) electrons. The number of aromatic nitrogens is 1. The molecule has 2 aliphatic heterocycles. The molecule has 0 N–H and O–H groups in total. The van der Waals surface area contributed by atoms with Gasteiger partial charge in [0.25, 0.3) is 0 Å². The summed E-state index contributed by atoms with van der Waals surface area (Å²) in [6.45, 7) is 4.03. The van der Waals surface area contributed by atoms with E-state index in [9.17, 15) is 9.18 Å². The van der Waals surface area contributed by atoms with Gasteiger partial charge >= 0.3 is 0 Å². The third-order valence-corrected chi connectivity index (χ3v) is 5.67. The summed E-state index contributed by atoms with van der Waals surface area (Å²) >= 11 is 0. The van der Waals surface area contributed by atoms with Crippen LogP contribution in [0.5, 0.6) is 0 Å². The summed E-state index contributed by atoms with van der Waals surface area (Å²) in [6, 6.07) is 10.6. The number of pyridine rings is 1. The van der Waals surface area contributed by atoms with Gasteiger partial charge in [0.05, 0.1) is 5.41 Å². The largest absolute Gasteiger partial charge is 0.338 e. The molecule has 2 aromatic rings. The van der Waals surface area contributed by atoms with Gasteiger partial charge in [0.15, 0.2) is 0 Å². The summed E-state index contributed by atoms with van der Waals surface area (Å²) in [5.41, 5.74) is 1.93. The van der Waals surface area contributed by atoms with Gasteiger partial charge in [-0.15, -0.1) is 0 Å². The van der Waals surface area contributed by atoms with Crippen molar-refractivity contribution >= 4 is 5.91 Å². The minimum absolute atomic E-state index is 0.208. The molecule has 2 saturated heterocycles. The first-order valence-corrected chi connectivity index (χ1v) is 9.30. The summed E-state index contributed by atoms with van der Waals surface area (Å²) in [6.07, 6.45) is 6.51. The van der Waals surface area contributed by atoms with E-state index in [0.29, 0.717) is 6.54 Å². The van der Waals surface area contributed by atoms with Crippen molar-refractivity contribution in [1.29, 1.82) is 0 Å². The summed E-state index contributed by atoms with van der Waals surface area (Å²) < 4.78 is 13.1. The van der Waals surface area contributed by atoms with Crippen molar-refractivity contribution in [3.05, 3.63) is 65.7 Å². The number of amides is 1. The Kier molecular flexibility index (Phi) is 4.72. The topological polar surface area (TPSA) is 36.4 Å². The van der Waals surface area contributed by atoms with E-state index in [0.717, 1.165) is 56.6 Å². The smallest absolute Gasteiger partial charge is 0.230 e. The minimum atomic E-state index is -0.250. The second-order valence-corrected chi connectivity index (χ2v) is 7.56. The highest BCUT2D eigenvalue weighted by Gasteiger charge is 2.48. The maximum Gasteiger partial charge on any atom is 0.230 e. The molecule has 1 aromatic carbocycles. The molecular weight excluding hydrogens is 329 g/mol. The number of nitrogens with zero attached hydrogens (tertiary/aromatic N) is 3. The quantitative estimate of drug-likeness (QED) is 0.847. The standard InChI is InChI=1S/C21H24FN3O/c22-19-6-4-17(5-7-19)14-24-11-2-8-21(16-24)9-12-25(20(21)26)15-18-3-1-10-23-13-18/h1,3-7,10,13H,2,8-9,11-12,14-16H2. The molecule has 3 heterocycles. The number of hydrogen-bond donors (Lipinski definition) is 0. The van der Waals surface area contributed by atoms with Crippen LogP contribution < -0.4 is 0 Å². The van der Waals surface area contributed by atoms with Crippen LogP contribution in [0.2, 0.25) is 0 Å². The third-order valence-electron chi connectivity index (χ3n) is 5.67. The zero-order valence-corrected chi connectivity index (χ0v) is 14.9. The molecule has 2 aliphatic rings. The van der Waals surface area contributed by atoms with Crippen molar-refractivity contribution < 1.29 is 9.18 Å². The lowest BCUT2D eigenvalue weighted by Gasteiger charge is -2.39. The van der Waals surface area contributed by atoms with E-state index in [1.807, 2.05) is 35.4 Å². The highest BCUT2D eigenvalue weighted by atomic mass is 19.1. The molecule has 26 heavy (non-hydrogen) atoms. The van der Waals surface area contributed by atoms with E-state index >= 15 is 0 Å². The average Bonchev–Trinajstić information content (AvgIpc) is 2.94. The molecule has 1 atom stereocenters. The fourth-order valence-electron chi connectivity index (χ4n) is 4.34. The Bertz CT molecular complexity index is 765. The second kappa shape index (κ2) is 7.16. The highest BCUT2D eigenvalue weighted by Crippen LogP contribution is 2.41. The van der Waals surface area contributed by atoms with E-state index in [2.05, 4.69) is 9.88 Å². The molecule has 0 aliphatic carbocycles. The van der Waals surface area contributed by atoms with Crippen molar-refractivity contribution in [3.8, 4) is 0 Å². The zero-order chi connectivity index (χ0) is 18.0. The Morgan fingerprint density at radius 2 is 1.88 bits per heavy atom. The van der Waals surface area contributed by atoms with Crippen molar-refractivity contribution in [3.63, 3.8) is 0 Å². The van der Waals surface area contributed by atoms with Gasteiger partial charge in [-0.2, -0.15) is 0 Å². The number of carbonyl (C=O) groups is 1. The Morgan fingerprint density at radius 1 is 1.04 bits per heavy atom. The van der Waals surface area contributed by atoms with Crippen molar-refractivity contribution in [2.75, 3.05) is 19.6 Å². The molecule has 0 saturated carbocycles. The Balaban J connectivity index is 1.43. The maximum atomic E-state index is 13.2. The fourth-order valence-corrected chi connectivity index (χ4v) is 4.34. The summed E-state index contributed by atoms with van der Waals surface area (Å²) in [5, 5.41) is 0. The Morgan fingerprint density at radius 3 is 2.65 bits per heavy atom. The van der Waals surface area contributed by atoms with Crippen LogP contribution in [0.1, 0.15) is 30.4 Å². The first-order valence-electron chi connectivity index (χ1n) is 9.30. The third kappa shape index (κ3) is 3.49. The number of benzene rings is 1. The second-order valence-electron chi connectivity index (χ2n) is 7.56. The number of halogens is 1. The lowest BCUT2D eigenvalue weighted by atomic mass is 9.78. The van der Waals surface area contributed by atoms with Gasteiger partial charge in [0.1, 0.15) is 5.82 Å². The van der Waals surface area contributed by atoms with Crippen LogP contribution in [0.15, 0.2) is 48.8 Å². The van der Waals surface area contributed by atoms with Crippen LogP contribution in [0.4, 0.5) is 4.39 Å². The van der Waals surface area contributed by atoms with Gasteiger partial charge in [-0.25, -0.2) is 4.39 Å². The number of carbonyl (C=O) groups excluding carboxylic acids is 1. The summed E-state index contributed by atoms with van der Waals surface area (Å²) in [4.78, 5) is 21.6. The summed E-state index contributed by atoms with van der Waals surface area (Å²) in [5.74, 6) is 0.0750. The van der Waals surface area contributed by atoms with E-state index < -0.39 is 0 Å². The van der Waals surface area contributed by atoms with Crippen LogP contribution in [0, 0.1) is 11.2 Å². The van der Waals surface area contributed by atoms with E-state index in [4.69, 9.17) is 0 Å². The normalized spacial score (nSPS) is 23.7. The molecule has 136 valence electrons. The maximum absolute atomic E-state index is 13.2. The Labute approximate surface area is 153 Å². The number of likely N-dealkylation sites (tertiary alicyclic amines) is 2. The van der Waals surface area contributed by atoms with Gasteiger partial charge in [-0.1, -0.05) is 18.2 Å². The number of hydrogen-bond acceptors (Lipinski definition) is 3. The monoisotopic (exact) mass is 353 g/mol. The van der Waals surface area contributed by atoms with Gasteiger partial charge in [-0.05, 0) is 55.1 Å². The van der Waals surface area contributed by atoms with Crippen LogP contribution in [0.25, 0.3) is 0 Å². The van der Waals surface area contributed by atoms with Gasteiger partial charge in [0.2, 0.25) is 5.91 Å². The average molecular weight is 353 g/mol. The van der Waals surface area contributed by atoms with Crippen LogP contribution in [0.3, 0.4) is 0 Å². The van der Waals surface area contributed by atoms with Crippen LogP contribution in [-0.4, -0.2) is 40.3 Å². The SMILES string of the molecule is O=C1N(Cc2cccnc2)CCC12CCCN(Cc1ccc(F)cc1)C2. The van der Waals surface area contributed by atoms with E-state index in [1.54, 1.807) is 6.20 Å². The lowest BCUT2D eigenvalue weighted by Crippen LogP contribution is -2.47. The first kappa shape index (κ1) is 17.2. The highest BCUT2D eigenvalue weighted by molar-refractivity contribution is 5.85. The lowest BCUT2D eigenvalue weighted by molar-refractivity contribution is -0.139. The molecule has 1 aromatic heterocycles.